The van der Waals surface area contributed by atoms with Crippen LogP contribution in [-0.4, -0.2) is 17.2 Å². The van der Waals surface area contributed by atoms with Crippen LogP contribution in [0.1, 0.15) is 45.7 Å². The number of fused-ring (bicyclic) bond motifs is 1. The Labute approximate surface area is 104 Å². The second-order valence-corrected chi connectivity index (χ2v) is 5.96. The maximum atomic E-state index is 10.0. The Morgan fingerprint density at radius 1 is 1.35 bits per heavy atom. The first kappa shape index (κ1) is 12.4. The van der Waals surface area contributed by atoms with Crippen molar-refractivity contribution in [3.8, 4) is 0 Å². The molecule has 0 fully saturated rings. The van der Waals surface area contributed by atoms with E-state index in [0.717, 1.165) is 12.0 Å². The van der Waals surface area contributed by atoms with Gasteiger partial charge < -0.3 is 10.0 Å². The van der Waals surface area contributed by atoms with E-state index < -0.39 is 5.60 Å². The maximum Gasteiger partial charge on any atom is 0.0840 e. The molecule has 0 amide bonds. The van der Waals surface area contributed by atoms with Gasteiger partial charge in [-0.2, -0.15) is 0 Å². The Balaban J connectivity index is 2.41. The Kier molecular flexibility index (Phi) is 2.94. The predicted octanol–water partition coefficient (Wildman–Crippen LogP) is 3.07. The van der Waals surface area contributed by atoms with Crippen LogP contribution < -0.4 is 4.90 Å². The van der Waals surface area contributed by atoms with Gasteiger partial charge in [0.15, 0.2) is 0 Å². The van der Waals surface area contributed by atoms with Crippen LogP contribution >= 0.6 is 0 Å². The lowest BCUT2D eigenvalue weighted by molar-refractivity contribution is 0.0785. The molecule has 0 saturated carbocycles. The SMILES string of the molecule is CC(C)N1c2ccc(C(C)(C)O)cc2CC1C. The summed E-state index contributed by atoms with van der Waals surface area (Å²) in [5.41, 5.74) is 2.96. The first-order valence-corrected chi connectivity index (χ1v) is 6.45. The maximum absolute atomic E-state index is 10.0. The molecule has 0 bridgehead atoms. The van der Waals surface area contributed by atoms with Gasteiger partial charge in [-0.25, -0.2) is 0 Å². The van der Waals surface area contributed by atoms with Crippen molar-refractivity contribution in [2.45, 2.75) is 58.7 Å². The summed E-state index contributed by atoms with van der Waals surface area (Å²) in [5, 5.41) is 10.0. The van der Waals surface area contributed by atoms with Crippen LogP contribution in [0.5, 0.6) is 0 Å². The van der Waals surface area contributed by atoms with Crippen LogP contribution in [0.15, 0.2) is 18.2 Å². The van der Waals surface area contributed by atoms with E-state index in [1.54, 1.807) is 0 Å². The number of hydrogen-bond acceptors (Lipinski definition) is 2. The van der Waals surface area contributed by atoms with E-state index in [9.17, 15) is 5.11 Å². The molecule has 1 atom stereocenters. The summed E-state index contributed by atoms with van der Waals surface area (Å²) in [5.74, 6) is 0. The lowest BCUT2D eigenvalue weighted by Crippen LogP contribution is -2.35. The normalized spacial score (nSPS) is 19.9. The zero-order chi connectivity index (χ0) is 12.8. The molecule has 1 aliphatic rings. The highest BCUT2D eigenvalue weighted by Gasteiger charge is 2.29. The molecule has 0 aliphatic carbocycles. The minimum Gasteiger partial charge on any atom is -0.386 e. The summed E-state index contributed by atoms with van der Waals surface area (Å²) in [6.45, 7) is 10.4. The van der Waals surface area contributed by atoms with Crippen LogP contribution in [-0.2, 0) is 12.0 Å². The van der Waals surface area contributed by atoms with Gasteiger partial charge in [-0.05, 0) is 58.2 Å². The summed E-state index contributed by atoms with van der Waals surface area (Å²) < 4.78 is 0. The van der Waals surface area contributed by atoms with Gasteiger partial charge in [0, 0.05) is 17.8 Å². The lowest BCUT2D eigenvalue weighted by Gasteiger charge is -2.29. The molecule has 1 unspecified atom stereocenters. The summed E-state index contributed by atoms with van der Waals surface area (Å²) in [4.78, 5) is 2.46. The Morgan fingerprint density at radius 3 is 2.53 bits per heavy atom. The Bertz CT molecular complexity index is 417. The largest absolute Gasteiger partial charge is 0.386 e. The topological polar surface area (TPSA) is 23.5 Å². The van der Waals surface area contributed by atoms with Gasteiger partial charge in [-0.15, -0.1) is 0 Å². The second-order valence-electron chi connectivity index (χ2n) is 5.96. The number of nitrogens with zero attached hydrogens (tertiary/aromatic N) is 1. The van der Waals surface area contributed by atoms with E-state index in [0.29, 0.717) is 12.1 Å². The van der Waals surface area contributed by atoms with Crippen molar-refractivity contribution in [2.75, 3.05) is 4.90 Å². The van der Waals surface area contributed by atoms with Gasteiger partial charge >= 0.3 is 0 Å². The second kappa shape index (κ2) is 4.02. The highest BCUT2D eigenvalue weighted by Crippen LogP contribution is 2.36. The summed E-state index contributed by atoms with van der Waals surface area (Å²) >= 11 is 0. The number of benzene rings is 1. The Hall–Kier alpha value is -1.02. The van der Waals surface area contributed by atoms with E-state index in [4.69, 9.17) is 0 Å². The average molecular weight is 233 g/mol. The van der Waals surface area contributed by atoms with Crippen molar-refractivity contribution >= 4 is 5.69 Å². The zero-order valence-corrected chi connectivity index (χ0v) is 11.5. The third-order valence-electron chi connectivity index (χ3n) is 3.61. The van der Waals surface area contributed by atoms with Gasteiger partial charge in [-0.3, -0.25) is 0 Å². The van der Waals surface area contributed by atoms with E-state index in [1.165, 1.54) is 11.3 Å². The molecule has 94 valence electrons. The van der Waals surface area contributed by atoms with Gasteiger partial charge in [-0.1, -0.05) is 12.1 Å². The van der Waals surface area contributed by atoms with Crippen LogP contribution in [0.3, 0.4) is 0 Å². The number of rotatable bonds is 2. The molecule has 17 heavy (non-hydrogen) atoms. The van der Waals surface area contributed by atoms with Gasteiger partial charge in [0.2, 0.25) is 0 Å². The van der Waals surface area contributed by atoms with E-state index in [-0.39, 0.29) is 0 Å². The zero-order valence-electron chi connectivity index (χ0n) is 11.5. The van der Waals surface area contributed by atoms with Crippen molar-refractivity contribution in [1.82, 2.24) is 0 Å². The fourth-order valence-electron chi connectivity index (χ4n) is 2.82. The smallest absolute Gasteiger partial charge is 0.0840 e. The summed E-state index contributed by atoms with van der Waals surface area (Å²) in [7, 11) is 0. The van der Waals surface area contributed by atoms with Crippen molar-refractivity contribution < 1.29 is 5.11 Å². The van der Waals surface area contributed by atoms with Crippen molar-refractivity contribution in [2.24, 2.45) is 0 Å². The molecule has 0 aromatic heterocycles. The molecule has 0 spiro atoms. The van der Waals surface area contributed by atoms with Crippen molar-refractivity contribution in [3.63, 3.8) is 0 Å². The standard InChI is InChI=1S/C15H23NO/c1-10(2)16-11(3)8-12-9-13(15(4,5)17)6-7-14(12)16/h6-7,9-11,17H,8H2,1-5H3. The molecular weight excluding hydrogens is 210 g/mol. The predicted molar refractivity (Wildman–Crippen MR) is 72.5 cm³/mol. The van der Waals surface area contributed by atoms with Crippen LogP contribution in [0.25, 0.3) is 0 Å². The summed E-state index contributed by atoms with van der Waals surface area (Å²) in [6.07, 6.45) is 1.08. The monoisotopic (exact) mass is 233 g/mol. The molecule has 1 N–H and O–H groups in total. The van der Waals surface area contributed by atoms with E-state index in [1.807, 2.05) is 19.9 Å². The molecular formula is C15H23NO. The number of aliphatic hydroxyl groups is 1. The highest BCUT2D eigenvalue weighted by molar-refractivity contribution is 5.61. The first-order valence-electron chi connectivity index (χ1n) is 6.45. The minimum atomic E-state index is -0.747. The third-order valence-corrected chi connectivity index (χ3v) is 3.61. The molecule has 0 radical (unpaired) electrons. The molecule has 2 rings (SSSR count). The molecule has 2 nitrogen and oxygen atoms in total. The highest BCUT2D eigenvalue weighted by atomic mass is 16.3. The number of anilines is 1. The Morgan fingerprint density at radius 2 is 2.00 bits per heavy atom. The van der Waals surface area contributed by atoms with Crippen LogP contribution in [0.2, 0.25) is 0 Å². The fourth-order valence-corrected chi connectivity index (χ4v) is 2.82. The van der Waals surface area contributed by atoms with Crippen LogP contribution in [0.4, 0.5) is 5.69 Å². The molecule has 2 heteroatoms. The number of hydrogen-bond donors (Lipinski definition) is 1. The minimum absolute atomic E-state index is 0.527. The molecule has 0 saturated heterocycles. The molecule has 1 aromatic rings. The van der Waals surface area contributed by atoms with Gasteiger partial charge in [0.1, 0.15) is 0 Å². The van der Waals surface area contributed by atoms with Gasteiger partial charge in [0.05, 0.1) is 5.60 Å². The average Bonchev–Trinajstić information content (AvgIpc) is 2.50. The fraction of sp³-hybridized carbons (Fsp3) is 0.600. The quantitative estimate of drug-likeness (QED) is 0.848. The summed E-state index contributed by atoms with van der Waals surface area (Å²) in [6, 6.07) is 7.45. The molecule has 1 heterocycles. The molecule has 1 aromatic carbocycles. The lowest BCUT2D eigenvalue weighted by atomic mass is 9.95. The van der Waals surface area contributed by atoms with Crippen molar-refractivity contribution in [3.05, 3.63) is 29.3 Å². The van der Waals surface area contributed by atoms with E-state index in [2.05, 4.69) is 37.8 Å². The molecule has 1 aliphatic heterocycles. The first-order chi connectivity index (χ1) is 7.80. The third kappa shape index (κ3) is 2.19. The van der Waals surface area contributed by atoms with Gasteiger partial charge in [0.25, 0.3) is 0 Å². The van der Waals surface area contributed by atoms with Crippen LogP contribution in [0, 0.1) is 0 Å². The van der Waals surface area contributed by atoms with Crippen molar-refractivity contribution in [1.29, 1.82) is 0 Å². The van der Waals surface area contributed by atoms with E-state index >= 15 is 0 Å².